The number of anilines is 1. The number of carbonyl (C=O) groups excluding carboxylic acids is 2. The molecular formula is C18H19N3O5. The third-order valence-corrected chi connectivity index (χ3v) is 3.37. The summed E-state index contributed by atoms with van der Waals surface area (Å²) in [6.45, 7) is 3.55. The fourth-order valence-corrected chi connectivity index (χ4v) is 2.18. The number of ether oxygens (including phenoxy) is 1. The van der Waals surface area contributed by atoms with Crippen LogP contribution in [0.2, 0.25) is 0 Å². The van der Waals surface area contributed by atoms with Gasteiger partial charge in [0.25, 0.3) is 0 Å². The van der Waals surface area contributed by atoms with E-state index < -0.39 is 10.7 Å². The van der Waals surface area contributed by atoms with Gasteiger partial charge in [0, 0.05) is 17.7 Å². The maximum atomic E-state index is 12.2. The molecule has 0 bridgehead atoms. The Morgan fingerprint density at radius 3 is 2.54 bits per heavy atom. The SMILES string of the molecule is CC(C)CC(=O)Nc1ccc(C(=O)COc2cccnc2[N+](=O)[O-])cc1. The zero-order valence-electron chi connectivity index (χ0n) is 14.5. The molecule has 0 unspecified atom stereocenters. The lowest BCUT2D eigenvalue weighted by molar-refractivity contribution is -0.390. The molecule has 8 nitrogen and oxygen atoms in total. The molecule has 1 aromatic carbocycles. The molecule has 26 heavy (non-hydrogen) atoms. The molecule has 0 aliphatic heterocycles. The van der Waals surface area contributed by atoms with Crippen molar-refractivity contribution >= 4 is 23.2 Å². The number of nitrogens with one attached hydrogen (secondary N) is 1. The molecule has 0 aliphatic carbocycles. The summed E-state index contributed by atoms with van der Waals surface area (Å²) in [5.41, 5.74) is 0.967. The van der Waals surface area contributed by atoms with Gasteiger partial charge < -0.3 is 20.2 Å². The van der Waals surface area contributed by atoms with Gasteiger partial charge in [0.1, 0.15) is 6.20 Å². The Bertz CT molecular complexity index is 803. The Labute approximate surface area is 150 Å². The molecule has 0 radical (unpaired) electrons. The van der Waals surface area contributed by atoms with Crippen LogP contribution in [0.15, 0.2) is 42.6 Å². The van der Waals surface area contributed by atoms with Gasteiger partial charge in [-0.05, 0) is 52.2 Å². The maximum Gasteiger partial charge on any atom is 0.406 e. The molecule has 8 heteroatoms. The summed E-state index contributed by atoms with van der Waals surface area (Å²) < 4.78 is 5.23. The van der Waals surface area contributed by atoms with Crippen LogP contribution in [0, 0.1) is 16.0 Å². The summed E-state index contributed by atoms with van der Waals surface area (Å²) in [6, 6.07) is 9.24. The van der Waals surface area contributed by atoms with Crippen molar-refractivity contribution in [3.63, 3.8) is 0 Å². The van der Waals surface area contributed by atoms with Gasteiger partial charge in [-0.15, -0.1) is 0 Å². The fraction of sp³-hybridized carbons (Fsp3) is 0.278. The van der Waals surface area contributed by atoms with Crippen molar-refractivity contribution < 1.29 is 19.2 Å². The lowest BCUT2D eigenvalue weighted by atomic mass is 10.1. The van der Waals surface area contributed by atoms with Crippen LogP contribution in [0.5, 0.6) is 5.75 Å². The van der Waals surface area contributed by atoms with Crippen molar-refractivity contribution in [2.24, 2.45) is 5.92 Å². The molecule has 2 rings (SSSR count). The van der Waals surface area contributed by atoms with Crippen molar-refractivity contribution in [1.29, 1.82) is 0 Å². The molecule has 2 aromatic rings. The number of hydrogen-bond acceptors (Lipinski definition) is 6. The topological polar surface area (TPSA) is 111 Å². The van der Waals surface area contributed by atoms with Gasteiger partial charge in [0.05, 0.1) is 0 Å². The van der Waals surface area contributed by atoms with Gasteiger partial charge in [-0.1, -0.05) is 13.8 Å². The molecule has 0 atom stereocenters. The van der Waals surface area contributed by atoms with Gasteiger partial charge in [-0.3, -0.25) is 9.59 Å². The number of aromatic nitrogens is 1. The average Bonchev–Trinajstić information content (AvgIpc) is 2.59. The van der Waals surface area contributed by atoms with Crippen molar-refractivity contribution in [1.82, 2.24) is 4.98 Å². The molecule has 1 N–H and O–H groups in total. The summed E-state index contributed by atoms with van der Waals surface area (Å²) in [7, 11) is 0. The standard InChI is InChI=1S/C18H19N3O5/c1-12(2)10-17(23)20-14-7-5-13(6-8-14)15(22)11-26-16-4-3-9-19-18(16)21(24)25/h3-9,12H,10-11H2,1-2H3,(H,20,23). The number of ketones is 1. The van der Waals surface area contributed by atoms with E-state index in [1.165, 1.54) is 18.3 Å². The molecule has 0 spiro atoms. The zero-order valence-corrected chi connectivity index (χ0v) is 14.5. The second-order valence-corrected chi connectivity index (χ2v) is 6.02. The normalized spacial score (nSPS) is 10.4. The van der Waals surface area contributed by atoms with E-state index in [1.54, 1.807) is 24.3 Å². The molecular weight excluding hydrogens is 338 g/mol. The summed E-state index contributed by atoms with van der Waals surface area (Å²) in [5.74, 6) is -0.689. The Balaban J connectivity index is 1.96. The minimum atomic E-state index is -0.672. The lowest BCUT2D eigenvalue weighted by Gasteiger charge is -2.08. The Morgan fingerprint density at radius 2 is 1.92 bits per heavy atom. The average molecular weight is 357 g/mol. The van der Waals surface area contributed by atoms with Crippen molar-refractivity contribution in [2.75, 3.05) is 11.9 Å². The van der Waals surface area contributed by atoms with E-state index in [0.717, 1.165) is 0 Å². The molecule has 136 valence electrons. The Kier molecular flexibility index (Phi) is 6.37. The Hall–Kier alpha value is -3.29. The van der Waals surface area contributed by atoms with Gasteiger partial charge in [0.2, 0.25) is 11.7 Å². The number of rotatable bonds is 8. The van der Waals surface area contributed by atoms with Crippen LogP contribution in [0.25, 0.3) is 0 Å². The number of nitrogens with zero attached hydrogens (tertiary/aromatic N) is 2. The molecule has 1 amide bonds. The molecule has 1 heterocycles. The number of amides is 1. The third-order valence-electron chi connectivity index (χ3n) is 3.37. The first-order valence-electron chi connectivity index (χ1n) is 8.02. The van der Waals surface area contributed by atoms with Gasteiger partial charge >= 0.3 is 5.82 Å². The molecule has 0 fully saturated rings. The van der Waals surface area contributed by atoms with Crippen molar-refractivity contribution in [3.8, 4) is 5.75 Å². The van der Waals surface area contributed by atoms with Crippen molar-refractivity contribution in [3.05, 3.63) is 58.3 Å². The maximum absolute atomic E-state index is 12.2. The summed E-state index contributed by atoms with van der Waals surface area (Å²) in [5, 5.41) is 13.6. The molecule has 1 aromatic heterocycles. The predicted octanol–water partition coefficient (Wildman–Crippen LogP) is 3.24. The minimum absolute atomic E-state index is 0.0663. The number of nitro groups is 1. The fourth-order valence-electron chi connectivity index (χ4n) is 2.18. The quantitative estimate of drug-likeness (QED) is 0.441. The Morgan fingerprint density at radius 1 is 1.23 bits per heavy atom. The van der Waals surface area contributed by atoms with Crippen LogP contribution in [-0.2, 0) is 4.79 Å². The van der Waals surface area contributed by atoms with Crippen LogP contribution in [0.1, 0.15) is 30.6 Å². The predicted molar refractivity (Wildman–Crippen MR) is 95.2 cm³/mol. The molecule has 0 aliphatic rings. The second-order valence-electron chi connectivity index (χ2n) is 6.02. The van der Waals surface area contributed by atoms with E-state index in [1.807, 2.05) is 13.8 Å². The van der Waals surface area contributed by atoms with E-state index in [0.29, 0.717) is 17.7 Å². The highest BCUT2D eigenvalue weighted by atomic mass is 16.6. The number of hydrogen-bond donors (Lipinski definition) is 1. The number of benzene rings is 1. The first-order chi connectivity index (χ1) is 12.4. The van der Waals surface area contributed by atoms with Gasteiger partial charge in [-0.2, -0.15) is 0 Å². The summed E-state index contributed by atoms with van der Waals surface area (Å²) >= 11 is 0. The first kappa shape index (κ1) is 19.0. The van der Waals surface area contributed by atoms with E-state index in [9.17, 15) is 19.7 Å². The minimum Gasteiger partial charge on any atom is -0.477 e. The monoisotopic (exact) mass is 357 g/mol. The van der Waals surface area contributed by atoms with Crippen LogP contribution in [0.4, 0.5) is 11.5 Å². The highest BCUT2D eigenvalue weighted by Gasteiger charge is 2.17. The molecule has 0 saturated carbocycles. The highest BCUT2D eigenvalue weighted by Crippen LogP contribution is 2.23. The van der Waals surface area contributed by atoms with E-state index in [-0.39, 0.29) is 30.0 Å². The van der Waals surface area contributed by atoms with Gasteiger partial charge in [0.15, 0.2) is 12.4 Å². The second kappa shape index (κ2) is 8.70. The first-order valence-corrected chi connectivity index (χ1v) is 8.02. The van der Waals surface area contributed by atoms with E-state index >= 15 is 0 Å². The number of pyridine rings is 1. The van der Waals surface area contributed by atoms with Crippen LogP contribution in [0.3, 0.4) is 0 Å². The van der Waals surface area contributed by atoms with Crippen LogP contribution in [-0.4, -0.2) is 28.2 Å². The number of Topliss-reactive ketones (excluding diaryl/α,β-unsaturated/α-hetero) is 1. The van der Waals surface area contributed by atoms with Crippen LogP contribution >= 0.6 is 0 Å². The molecule has 0 saturated heterocycles. The van der Waals surface area contributed by atoms with Gasteiger partial charge in [-0.25, -0.2) is 0 Å². The largest absolute Gasteiger partial charge is 0.477 e. The van der Waals surface area contributed by atoms with E-state index in [4.69, 9.17) is 4.74 Å². The smallest absolute Gasteiger partial charge is 0.406 e. The number of carbonyl (C=O) groups is 2. The van der Waals surface area contributed by atoms with Crippen molar-refractivity contribution in [2.45, 2.75) is 20.3 Å². The summed E-state index contributed by atoms with van der Waals surface area (Å²) in [4.78, 5) is 37.7. The van der Waals surface area contributed by atoms with E-state index in [2.05, 4.69) is 10.3 Å². The highest BCUT2D eigenvalue weighted by molar-refractivity contribution is 5.98. The lowest BCUT2D eigenvalue weighted by Crippen LogP contribution is -2.15. The summed E-state index contributed by atoms with van der Waals surface area (Å²) in [6.07, 6.45) is 1.69. The third kappa shape index (κ3) is 5.37. The van der Waals surface area contributed by atoms with Crippen LogP contribution < -0.4 is 10.1 Å². The zero-order chi connectivity index (χ0) is 19.1.